The van der Waals surface area contributed by atoms with Gasteiger partial charge in [0, 0.05) is 32.2 Å². The molecule has 0 saturated carbocycles. The SMILES string of the molecule is C=CCN(CCC)S(=O)(=O)N1CCCCC1CNCC. The first-order valence-corrected chi connectivity index (χ1v) is 9.06. The molecule has 0 aromatic heterocycles. The number of rotatable bonds is 9. The monoisotopic (exact) mass is 303 g/mol. The highest BCUT2D eigenvalue weighted by molar-refractivity contribution is 7.86. The minimum atomic E-state index is -3.37. The van der Waals surface area contributed by atoms with E-state index in [2.05, 4.69) is 11.9 Å². The first kappa shape index (κ1) is 17.6. The highest BCUT2D eigenvalue weighted by Crippen LogP contribution is 2.22. The zero-order valence-corrected chi connectivity index (χ0v) is 13.7. The van der Waals surface area contributed by atoms with Gasteiger partial charge in [0.05, 0.1) is 0 Å². The molecule has 118 valence electrons. The summed E-state index contributed by atoms with van der Waals surface area (Å²) in [7, 11) is -3.37. The molecule has 1 rings (SSSR count). The summed E-state index contributed by atoms with van der Waals surface area (Å²) in [5, 5.41) is 3.28. The minimum Gasteiger partial charge on any atom is -0.315 e. The van der Waals surface area contributed by atoms with Gasteiger partial charge in [-0.15, -0.1) is 6.58 Å². The van der Waals surface area contributed by atoms with Crippen molar-refractivity contribution in [1.82, 2.24) is 13.9 Å². The predicted octanol–water partition coefficient (Wildman–Crippen LogP) is 1.59. The number of likely N-dealkylation sites (N-methyl/N-ethyl adjacent to an activating group) is 1. The molecule has 1 aliphatic heterocycles. The number of hydrogen-bond donors (Lipinski definition) is 1. The molecule has 0 aromatic carbocycles. The van der Waals surface area contributed by atoms with Crippen molar-refractivity contribution >= 4 is 10.2 Å². The summed E-state index contributed by atoms with van der Waals surface area (Å²) in [6.07, 6.45) is 5.49. The summed E-state index contributed by atoms with van der Waals surface area (Å²) in [5.74, 6) is 0. The second kappa shape index (κ2) is 8.77. The summed E-state index contributed by atoms with van der Waals surface area (Å²) in [6, 6.07) is 0.0814. The van der Waals surface area contributed by atoms with Crippen molar-refractivity contribution < 1.29 is 8.42 Å². The molecule has 1 N–H and O–H groups in total. The molecule has 1 unspecified atom stereocenters. The molecule has 1 atom stereocenters. The van der Waals surface area contributed by atoms with Crippen molar-refractivity contribution in [3.8, 4) is 0 Å². The number of nitrogens with zero attached hydrogens (tertiary/aromatic N) is 2. The summed E-state index contributed by atoms with van der Waals surface area (Å²) in [4.78, 5) is 0. The van der Waals surface area contributed by atoms with Crippen LogP contribution < -0.4 is 5.32 Å². The lowest BCUT2D eigenvalue weighted by Crippen LogP contribution is -2.53. The summed E-state index contributed by atoms with van der Waals surface area (Å²) in [6.45, 7) is 10.9. The second-order valence-corrected chi connectivity index (χ2v) is 7.10. The van der Waals surface area contributed by atoms with E-state index >= 15 is 0 Å². The van der Waals surface area contributed by atoms with E-state index < -0.39 is 10.2 Å². The molecule has 6 heteroatoms. The molecule has 1 heterocycles. The van der Waals surface area contributed by atoms with Crippen LogP contribution in [-0.4, -0.2) is 55.8 Å². The third kappa shape index (κ3) is 4.55. The zero-order valence-electron chi connectivity index (χ0n) is 12.8. The average Bonchev–Trinajstić information content (AvgIpc) is 2.45. The lowest BCUT2D eigenvalue weighted by molar-refractivity contribution is 0.229. The van der Waals surface area contributed by atoms with E-state index in [9.17, 15) is 8.42 Å². The molecule has 0 aromatic rings. The predicted molar refractivity (Wildman–Crippen MR) is 83.9 cm³/mol. The van der Waals surface area contributed by atoms with Crippen LogP contribution in [0.2, 0.25) is 0 Å². The maximum absolute atomic E-state index is 12.8. The Balaban J connectivity index is 2.86. The number of hydrogen-bond acceptors (Lipinski definition) is 3. The Morgan fingerprint density at radius 2 is 2.15 bits per heavy atom. The van der Waals surface area contributed by atoms with E-state index in [-0.39, 0.29) is 6.04 Å². The van der Waals surface area contributed by atoms with Crippen LogP contribution >= 0.6 is 0 Å². The van der Waals surface area contributed by atoms with Gasteiger partial charge in [-0.3, -0.25) is 0 Å². The van der Waals surface area contributed by atoms with Gasteiger partial charge in [0.1, 0.15) is 0 Å². The smallest absolute Gasteiger partial charge is 0.282 e. The first-order valence-electron chi connectivity index (χ1n) is 7.66. The largest absolute Gasteiger partial charge is 0.315 e. The Morgan fingerprint density at radius 3 is 2.75 bits per heavy atom. The van der Waals surface area contributed by atoms with Crippen LogP contribution in [-0.2, 0) is 10.2 Å². The number of nitrogens with one attached hydrogen (secondary N) is 1. The Bertz CT molecular complexity index is 384. The molecule has 0 aliphatic carbocycles. The fraction of sp³-hybridized carbons (Fsp3) is 0.857. The van der Waals surface area contributed by atoms with E-state index in [0.717, 1.165) is 38.8 Å². The van der Waals surface area contributed by atoms with Crippen molar-refractivity contribution in [2.75, 3.05) is 32.7 Å². The van der Waals surface area contributed by atoms with Crippen molar-refractivity contribution in [3.63, 3.8) is 0 Å². The Labute approximate surface area is 124 Å². The Morgan fingerprint density at radius 1 is 1.40 bits per heavy atom. The van der Waals surface area contributed by atoms with Crippen LogP contribution in [0.3, 0.4) is 0 Å². The first-order chi connectivity index (χ1) is 9.57. The average molecular weight is 303 g/mol. The van der Waals surface area contributed by atoms with Crippen LogP contribution in [0.1, 0.15) is 39.5 Å². The number of piperidine rings is 1. The highest BCUT2D eigenvalue weighted by atomic mass is 32.2. The standard InChI is InChI=1S/C14H29N3O2S/c1-4-10-16(11-5-2)20(18,19)17-12-8-7-9-14(17)13-15-6-3/h4,14-15H,1,5-13H2,2-3H3. The van der Waals surface area contributed by atoms with E-state index in [1.54, 1.807) is 14.7 Å². The van der Waals surface area contributed by atoms with Gasteiger partial charge >= 0.3 is 0 Å². The van der Waals surface area contributed by atoms with Crippen molar-refractivity contribution in [3.05, 3.63) is 12.7 Å². The summed E-state index contributed by atoms with van der Waals surface area (Å²) < 4.78 is 28.9. The topological polar surface area (TPSA) is 52.7 Å². The minimum absolute atomic E-state index is 0.0814. The van der Waals surface area contributed by atoms with Gasteiger partial charge in [-0.05, 0) is 25.8 Å². The Kier molecular flexibility index (Phi) is 7.72. The third-order valence-electron chi connectivity index (χ3n) is 3.63. The fourth-order valence-corrected chi connectivity index (χ4v) is 4.56. The lowest BCUT2D eigenvalue weighted by atomic mass is 10.1. The van der Waals surface area contributed by atoms with Crippen LogP contribution in [0.4, 0.5) is 0 Å². The van der Waals surface area contributed by atoms with Gasteiger partial charge in [0.15, 0.2) is 0 Å². The van der Waals surface area contributed by atoms with Crippen molar-refractivity contribution in [2.24, 2.45) is 0 Å². The van der Waals surface area contributed by atoms with Gasteiger partial charge in [-0.1, -0.05) is 26.3 Å². The van der Waals surface area contributed by atoms with Crippen LogP contribution in [0.15, 0.2) is 12.7 Å². The van der Waals surface area contributed by atoms with E-state index in [1.165, 1.54) is 0 Å². The normalized spacial score (nSPS) is 21.2. The molecule has 1 fully saturated rings. The molecule has 5 nitrogen and oxygen atoms in total. The molecule has 20 heavy (non-hydrogen) atoms. The van der Waals surface area contributed by atoms with E-state index in [1.807, 2.05) is 13.8 Å². The van der Waals surface area contributed by atoms with Gasteiger partial charge in [-0.2, -0.15) is 17.0 Å². The molecule has 0 bridgehead atoms. The fourth-order valence-electron chi connectivity index (χ4n) is 2.64. The summed E-state index contributed by atoms with van der Waals surface area (Å²) >= 11 is 0. The third-order valence-corrected chi connectivity index (χ3v) is 5.69. The highest BCUT2D eigenvalue weighted by Gasteiger charge is 2.35. The van der Waals surface area contributed by atoms with Crippen LogP contribution in [0.25, 0.3) is 0 Å². The Hall–Kier alpha value is -0.430. The molecular weight excluding hydrogens is 274 g/mol. The maximum Gasteiger partial charge on any atom is 0.282 e. The maximum atomic E-state index is 12.8. The van der Waals surface area contributed by atoms with Gasteiger partial charge in [-0.25, -0.2) is 0 Å². The van der Waals surface area contributed by atoms with Gasteiger partial charge in [0.25, 0.3) is 10.2 Å². The lowest BCUT2D eigenvalue weighted by Gasteiger charge is -2.37. The van der Waals surface area contributed by atoms with Crippen molar-refractivity contribution in [1.29, 1.82) is 0 Å². The van der Waals surface area contributed by atoms with E-state index in [4.69, 9.17) is 0 Å². The van der Waals surface area contributed by atoms with Gasteiger partial charge in [0.2, 0.25) is 0 Å². The quantitative estimate of drug-likeness (QED) is 0.658. The summed E-state index contributed by atoms with van der Waals surface area (Å²) in [5.41, 5.74) is 0. The van der Waals surface area contributed by atoms with E-state index in [0.29, 0.717) is 19.6 Å². The second-order valence-electron chi connectivity index (χ2n) is 5.22. The molecular formula is C14H29N3O2S. The molecule has 0 spiro atoms. The van der Waals surface area contributed by atoms with Crippen molar-refractivity contribution in [2.45, 2.75) is 45.6 Å². The molecule has 1 saturated heterocycles. The molecule has 0 radical (unpaired) electrons. The van der Waals surface area contributed by atoms with Gasteiger partial charge < -0.3 is 5.32 Å². The van der Waals surface area contributed by atoms with Crippen LogP contribution in [0.5, 0.6) is 0 Å². The molecule has 0 amide bonds. The van der Waals surface area contributed by atoms with Crippen LogP contribution in [0, 0.1) is 0 Å². The molecule has 1 aliphatic rings. The zero-order chi connectivity index (χ0) is 15.0.